The smallest absolute Gasteiger partial charge is 0.225 e. The lowest BCUT2D eigenvalue weighted by atomic mass is 9.97. The molecule has 0 saturated carbocycles. The number of fused-ring (bicyclic) bond motifs is 1. The molecule has 1 unspecified atom stereocenters. The number of rotatable bonds is 9. The maximum absolute atomic E-state index is 12.7. The molecule has 2 N–H and O–H groups in total. The third-order valence-corrected chi connectivity index (χ3v) is 5.35. The van der Waals surface area contributed by atoms with E-state index in [0.29, 0.717) is 17.1 Å². The summed E-state index contributed by atoms with van der Waals surface area (Å²) in [6.07, 6.45) is 2.36. The van der Waals surface area contributed by atoms with Crippen molar-refractivity contribution in [3.63, 3.8) is 0 Å². The van der Waals surface area contributed by atoms with E-state index in [9.17, 15) is 4.79 Å². The summed E-state index contributed by atoms with van der Waals surface area (Å²) in [5.41, 5.74) is 3.69. The van der Waals surface area contributed by atoms with Crippen molar-refractivity contribution in [3.8, 4) is 0 Å². The summed E-state index contributed by atoms with van der Waals surface area (Å²) in [5, 5.41) is 7.74. The van der Waals surface area contributed by atoms with Crippen LogP contribution in [-0.4, -0.2) is 24.0 Å². The molecule has 5 heteroatoms. The fourth-order valence-electron chi connectivity index (χ4n) is 3.43. The summed E-state index contributed by atoms with van der Waals surface area (Å²) in [6.45, 7) is 6.13. The predicted molar refractivity (Wildman–Crippen MR) is 122 cm³/mol. The minimum absolute atomic E-state index is 0.0505. The van der Waals surface area contributed by atoms with E-state index in [0.717, 1.165) is 48.1 Å². The fourth-order valence-corrected chi connectivity index (χ4v) is 3.64. The molecule has 0 aliphatic heterocycles. The highest BCUT2D eigenvalue weighted by Crippen LogP contribution is 2.31. The molecule has 0 fully saturated rings. The molecule has 0 spiro atoms. The third-order valence-electron chi connectivity index (χ3n) is 5.04. The van der Waals surface area contributed by atoms with Gasteiger partial charge in [0.05, 0.1) is 16.2 Å². The van der Waals surface area contributed by atoms with E-state index >= 15 is 0 Å². The van der Waals surface area contributed by atoms with E-state index in [4.69, 9.17) is 16.6 Å². The van der Waals surface area contributed by atoms with Crippen LogP contribution in [-0.2, 0) is 11.2 Å². The predicted octanol–water partition coefficient (Wildman–Crippen LogP) is 5.56. The minimum Gasteiger partial charge on any atom is -0.324 e. The molecule has 3 rings (SSSR count). The zero-order chi connectivity index (χ0) is 20.6. The van der Waals surface area contributed by atoms with Crippen molar-refractivity contribution in [2.75, 3.05) is 18.4 Å². The van der Waals surface area contributed by atoms with Gasteiger partial charge in [0, 0.05) is 17.5 Å². The Hall–Kier alpha value is -2.43. The number of nitrogens with zero attached hydrogens (tertiary/aromatic N) is 1. The standard InChI is InChI=1S/C24H28ClN3O/c1-3-26-15-7-10-19-11-12-20-22(27-19)14-13-21(25)24(20)28-23(29)16-17(2)18-8-5-4-6-9-18/h4-6,8-9,11-14,17,26H,3,7,10,15-16H2,1-2H3,(H,28,29). The van der Waals surface area contributed by atoms with Gasteiger partial charge in [-0.15, -0.1) is 0 Å². The first-order valence-electron chi connectivity index (χ1n) is 10.2. The number of benzene rings is 2. The monoisotopic (exact) mass is 409 g/mol. The molecule has 0 radical (unpaired) electrons. The molecule has 1 heterocycles. The van der Waals surface area contributed by atoms with E-state index in [-0.39, 0.29) is 11.8 Å². The molecule has 3 aromatic rings. The number of pyridine rings is 1. The lowest BCUT2D eigenvalue weighted by Gasteiger charge is -2.14. The van der Waals surface area contributed by atoms with Crippen LogP contribution in [0.15, 0.2) is 54.6 Å². The van der Waals surface area contributed by atoms with Gasteiger partial charge in [0.1, 0.15) is 0 Å². The van der Waals surface area contributed by atoms with Gasteiger partial charge in [0.2, 0.25) is 5.91 Å². The Balaban J connectivity index is 1.72. The normalized spacial score (nSPS) is 12.1. The van der Waals surface area contributed by atoms with Crippen molar-refractivity contribution in [1.82, 2.24) is 10.3 Å². The zero-order valence-corrected chi connectivity index (χ0v) is 17.8. The second kappa shape index (κ2) is 10.4. The van der Waals surface area contributed by atoms with Crippen LogP contribution in [0.1, 0.15) is 43.9 Å². The largest absolute Gasteiger partial charge is 0.324 e. The number of aryl methyl sites for hydroxylation is 1. The Morgan fingerprint density at radius 2 is 1.90 bits per heavy atom. The number of halogens is 1. The molecule has 0 bridgehead atoms. The molecule has 1 atom stereocenters. The van der Waals surface area contributed by atoms with Gasteiger partial charge in [-0.1, -0.05) is 55.8 Å². The number of hydrogen-bond acceptors (Lipinski definition) is 3. The van der Waals surface area contributed by atoms with Crippen molar-refractivity contribution >= 4 is 34.1 Å². The Morgan fingerprint density at radius 3 is 2.66 bits per heavy atom. The Bertz CT molecular complexity index is 959. The molecule has 0 aliphatic rings. The first-order valence-corrected chi connectivity index (χ1v) is 10.6. The average Bonchev–Trinajstić information content (AvgIpc) is 2.74. The number of carbonyl (C=O) groups is 1. The Kier molecular flexibility index (Phi) is 7.62. The highest BCUT2D eigenvalue weighted by Gasteiger charge is 2.15. The van der Waals surface area contributed by atoms with Crippen molar-refractivity contribution in [2.45, 2.75) is 39.0 Å². The molecule has 152 valence electrons. The summed E-state index contributed by atoms with van der Waals surface area (Å²) in [6, 6.07) is 17.8. The second-order valence-electron chi connectivity index (χ2n) is 7.31. The lowest BCUT2D eigenvalue weighted by Crippen LogP contribution is -2.15. The molecule has 2 aromatic carbocycles. The average molecular weight is 410 g/mol. The van der Waals surface area contributed by atoms with Crippen molar-refractivity contribution in [1.29, 1.82) is 0 Å². The Morgan fingerprint density at radius 1 is 1.10 bits per heavy atom. The van der Waals surface area contributed by atoms with E-state index in [2.05, 4.69) is 24.5 Å². The van der Waals surface area contributed by atoms with Gasteiger partial charge in [-0.05, 0) is 61.7 Å². The SMILES string of the molecule is CCNCCCc1ccc2c(NC(=O)CC(C)c3ccccc3)c(Cl)ccc2n1. The molecule has 0 aliphatic carbocycles. The quantitative estimate of drug-likeness (QED) is 0.454. The summed E-state index contributed by atoms with van der Waals surface area (Å²) < 4.78 is 0. The summed E-state index contributed by atoms with van der Waals surface area (Å²) in [7, 11) is 0. The number of anilines is 1. The van der Waals surface area contributed by atoms with Crippen LogP contribution in [0.4, 0.5) is 5.69 Å². The molecule has 29 heavy (non-hydrogen) atoms. The van der Waals surface area contributed by atoms with E-state index in [1.54, 1.807) is 6.07 Å². The summed E-state index contributed by atoms with van der Waals surface area (Å²) in [5.74, 6) is 0.0804. The van der Waals surface area contributed by atoms with Crippen LogP contribution in [0.2, 0.25) is 5.02 Å². The number of amides is 1. The highest BCUT2D eigenvalue weighted by molar-refractivity contribution is 6.35. The maximum Gasteiger partial charge on any atom is 0.225 e. The number of nitrogens with one attached hydrogen (secondary N) is 2. The first kappa shape index (κ1) is 21.3. The van der Waals surface area contributed by atoms with Gasteiger partial charge in [-0.3, -0.25) is 9.78 Å². The van der Waals surface area contributed by atoms with Crippen LogP contribution in [0, 0.1) is 0 Å². The van der Waals surface area contributed by atoms with Gasteiger partial charge < -0.3 is 10.6 Å². The van der Waals surface area contributed by atoms with E-state index in [1.807, 2.05) is 48.5 Å². The molecular formula is C24H28ClN3O. The second-order valence-corrected chi connectivity index (χ2v) is 7.72. The van der Waals surface area contributed by atoms with Crippen LogP contribution in [0.25, 0.3) is 10.9 Å². The molecule has 0 saturated heterocycles. The number of aromatic nitrogens is 1. The summed E-state index contributed by atoms with van der Waals surface area (Å²) in [4.78, 5) is 17.4. The summed E-state index contributed by atoms with van der Waals surface area (Å²) >= 11 is 6.41. The van der Waals surface area contributed by atoms with Crippen LogP contribution >= 0.6 is 11.6 Å². The van der Waals surface area contributed by atoms with Gasteiger partial charge in [-0.25, -0.2) is 0 Å². The van der Waals surface area contributed by atoms with Crippen LogP contribution < -0.4 is 10.6 Å². The lowest BCUT2D eigenvalue weighted by molar-refractivity contribution is -0.116. The maximum atomic E-state index is 12.7. The fraction of sp³-hybridized carbons (Fsp3) is 0.333. The number of hydrogen-bond donors (Lipinski definition) is 2. The minimum atomic E-state index is -0.0505. The molecular weight excluding hydrogens is 382 g/mol. The highest BCUT2D eigenvalue weighted by atomic mass is 35.5. The van der Waals surface area contributed by atoms with Gasteiger partial charge in [0.15, 0.2) is 0 Å². The number of carbonyl (C=O) groups excluding carboxylic acids is 1. The van der Waals surface area contributed by atoms with Crippen LogP contribution in [0.5, 0.6) is 0 Å². The first-order chi connectivity index (χ1) is 14.1. The van der Waals surface area contributed by atoms with Gasteiger partial charge in [-0.2, -0.15) is 0 Å². The Labute approximate surface area is 177 Å². The van der Waals surface area contributed by atoms with Crippen molar-refractivity contribution in [2.24, 2.45) is 0 Å². The van der Waals surface area contributed by atoms with E-state index < -0.39 is 0 Å². The van der Waals surface area contributed by atoms with Crippen LogP contribution in [0.3, 0.4) is 0 Å². The van der Waals surface area contributed by atoms with Gasteiger partial charge >= 0.3 is 0 Å². The van der Waals surface area contributed by atoms with Crippen molar-refractivity contribution in [3.05, 3.63) is 70.9 Å². The third kappa shape index (κ3) is 5.78. The molecule has 1 aromatic heterocycles. The zero-order valence-electron chi connectivity index (χ0n) is 17.0. The molecule has 4 nitrogen and oxygen atoms in total. The van der Waals surface area contributed by atoms with Crippen molar-refractivity contribution < 1.29 is 4.79 Å². The molecule has 1 amide bonds. The van der Waals surface area contributed by atoms with E-state index in [1.165, 1.54) is 0 Å². The van der Waals surface area contributed by atoms with Gasteiger partial charge in [0.25, 0.3) is 0 Å². The topological polar surface area (TPSA) is 54.0 Å².